The zero-order chi connectivity index (χ0) is 15.9. The Labute approximate surface area is 147 Å². The van der Waals surface area contributed by atoms with Crippen molar-refractivity contribution in [2.24, 2.45) is 0 Å². The smallest absolute Gasteiger partial charge is 0.0972 e. The molecular formula is C17H22Cl2N2S. The molecule has 0 aliphatic rings. The van der Waals surface area contributed by atoms with Crippen LogP contribution < -0.4 is 0 Å². The van der Waals surface area contributed by atoms with E-state index < -0.39 is 0 Å². The van der Waals surface area contributed by atoms with E-state index in [1.54, 1.807) is 11.3 Å². The van der Waals surface area contributed by atoms with Crippen molar-refractivity contribution < 1.29 is 0 Å². The van der Waals surface area contributed by atoms with Crippen molar-refractivity contribution in [2.75, 3.05) is 13.6 Å². The third-order valence-electron chi connectivity index (χ3n) is 3.51. The van der Waals surface area contributed by atoms with Crippen molar-refractivity contribution in [3.63, 3.8) is 0 Å². The first-order valence-electron chi connectivity index (χ1n) is 7.64. The molecule has 0 spiro atoms. The Kier molecular flexibility index (Phi) is 7.16. The third kappa shape index (κ3) is 5.54. The van der Waals surface area contributed by atoms with Crippen LogP contribution in [0.1, 0.15) is 42.5 Å². The maximum absolute atomic E-state index is 6.06. The van der Waals surface area contributed by atoms with E-state index in [9.17, 15) is 0 Å². The average Bonchev–Trinajstić information content (AvgIpc) is 2.90. The lowest BCUT2D eigenvalue weighted by Crippen LogP contribution is -2.19. The topological polar surface area (TPSA) is 16.1 Å². The molecule has 5 heteroatoms. The maximum Gasteiger partial charge on any atom is 0.0972 e. The van der Waals surface area contributed by atoms with Gasteiger partial charge in [0, 0.05) is 18.3 Å². The van der Waals surface area contributed by atoms with Crippen LogP contribution in [-0.4, -0.2) is 23.5 Å². The zero-order valence-electron chi connectivity index (χ0n) is 13.1. The summed E-state index contributed by atoms with van der Waals surface area (Å²) in [6.07, 6.45) is 4.62. The fourth-order valence-electron chi connectivity index (χ4n) is 2.31. The van der Waals surface area contributed by atoms with Gasteiger partial charge in [-0.2, -0.15) is 0 Å². The number of rotatable bonds is 8. The van der Waals surface area contributed by atoms with Gasteiger partial charge in [-0.05, 0) is 37.7 Å². The van der Waals surface area contributed by atoms with Gasteiger partial charge < -0.3 is 4.90 Å². The molecule has 0 aliphatic carbocycles. The van der Waals surface area contributed by atoms with Crippen LogP contribution in [0.25, 0.3) is 0 Å². The molecule has 2 nitrogen and oxygen atoms in total. The molecule has 0 saturated carbocycles. The summed E-state index contributed by atoms with van der Waals surface area (Å²) >= 11 is 13.7. The van der Waals surface area contributed by atoms with Gasteiger partial charge in [-0.15, -0.1) is 11.3 Å². The van der Waals surface area contributed by atoms with Crippen molar-refractivity contribution in [1.82, 2.24) is 9.88 Å². The van der Waals surface area contributed by atoms with Crippen LogP contribution >= 0.6 is 34.5 Å². The summed E-state index contributed by atoms with van der Waals surface area (Å²) in [6, 6.07) is 5.77. The summed E-state index contributed by atoms with van der Waals surface area (Å²) < 4.78 is 0. The Morgan fingerprint density at radius 1 is 1.18 bits per heavy atom. The first-order valence-corrected chi connectivity index (χ1v) is 9.27. The molecule has 0 amide bonds. The molecule has 0 bridgehead atoms. The predicted molar refractivity (Wildman–Crippen MR) is 97.2 cm³/mol. The summed E-state index contributed by atoms with van der Waals surface area (Å²) in [5.41, 5.74) is 2.30. The molecule has 22 heavy (non-hydrogen) atoms. The molecule has 120 valence electrons. The highest BCUT2D eigenvalue weighted by atomic mass is 35.5. The standard InChI is InChI=1S/C17H22Cl2N2S/c1-3-4-5-8-21(2)11-14-12-22-17(20-14)10-13-6-7-15(18)16(19)9-13/h6-7,9,12H,3-5,8,10-11H2,1-2H3. The molecule has 1 aromatic carbocycles. The molecule has 0 unspecified atom stereocenters. The highest BCUT2D eigenvalue weighted by Gasteiger charge is 2.07. The lowest BCUT2D eigenvalue weighted by atomic mass is 10.2. The highest BCUT2D eigenvalue weighted by Crippen LogP contribution is 2.24. The van der Waals surface area contributed by atoms with E-state index in [-0.39, 0.29) is 0 Å². The van der Waals surface area contributed by atoms with Crippen molar-refractivity contribution in [1.29, 1.82) is 0 Å². The highest BCUT2D eigenvalue weighted by molar-refractivity contribution is 7.09. The summed E-state index contributed by atoms with van der Waals surface area (Å²) in [5, 5.41) is 4.48. The monoisotopic (exact) mass is 356 g/mol. The molecule has 0 radical (unpaired) electrons. The van der Waals surface area contributed by atoms with Crippen LogP contribution in [0.5, 0.6) is 0 Å². The van der Waals surface area contributed by atoms with E-state index in [0.29, 0.717) is 10.0 Å². The quantitative estimate of drug-likeness (QED) is 0.567. The van der Waals surface area contributed by atoms with Crippen molar-refractivity contribution in [3.05, 3.63) is 49.9 Å². The number of thiazole rings is 1. The molecule has 2 rings (SSSR count). The number of aromatic nitrogens is 1. The molecule has 1 heterocycles. The van der Waals surface area contributed by atoms with Crippen LogP contribution in [0.4, 0.5) is 0 Å². The number of benzene rings is 1. The second-order valence-corrected chi connectivity index (χ2v) is 7.36. The van der Waals surface area contributed by atoms with E-state index in [2.05, 4.69) is 24.3 Å². The maximum atomic E-state index is 6.06. The first kappa shape index (κ1) is 17.7. The van der Waals surface area contributed by atoms with Gasteiger partial charge in [-0.3, -0.25) is 0 Å². The molecule has 0 aliphatic heterocycles. The number of nitrogens with zero attached hydrogens (tertiary/aromatic N) is 2. The van der Waals surface area contributed by atoms with Crippen molar-refractivity contribution >= 4 is 34.5 Å². The summed E-state index contributed by atoms with van der Waals surface area (Å²) in [7, 11) is 2.16. The van der Waals surface area contributed by atoms with E-state index in [1.807, 2.05) is 18.2 Å². The molecule has 1 aromatic heterocycles. The molecule has 0 saturated heterocycles. The van der Waals surface area contributed by atoms with Gasteiger partial charge in [-0.25, -0.2) is 4.98 Å². The van der Waals surface area contributed by atoms with Gasteiger partial charge in [0.1, 0.15) is 0 Å². The second-order valence-electron chi connectivity index (χ2n) is 5.60. The minimum Gasteiger partial charge on any atom is -0.301 e. The molecule has 0 fully saturated rings. The lowest BCUT2D eigenvalue weighted by Gasteiger charge is -2.14. The summed E-state index contributed by atoms with van der Waals surface area (Å²) in [5.74, 6) is 0. The van der Waals surface area contributed by atoms with E-state index in [0.717, 1.165) is 35.8 Å². The van der Waals surface area contributed by atoms with E-state index in [1.165, 1.54) is 19.3 Å². The second kappa shape index (κ2) is 8.88. The Morgan fingerprint density at radius 3 is 2.73 bits per heavy atom. The largest absolute Gasteiger partial charge is 0.301 e. The average molecular weight is 357 g/mol. The molecule has 0 atom stereocenters. The van der Waals surface area contributed by atoms with Crippen LogP contribution in [0.15, 0.2) is 23.6 Å². The van der Waals surface area contributed by atoms with Crippen LogP contribution in [0.2, 0.25) is 10.0 Å². The number of unbranched alkanes of at least 4 members (excludes halogenated alkanes) is 2. The zero-order valence-corrected chi connectivity index (χ0v) is 15.4. The van der Waals surface area contributed by atoms with E-state index in [4.69, 9.17) is 28.2 Å². The Hall–Kier alpha value is -0.610. The van der Waals surface area contributed by atoms with Crippen molar-refractivity contribution in [2.45, 2.75) is 39.2 Å². The first-order chi connectivity index (χ1) is 10.6. The van der Waals surface area contributed by atoms with Gasteiger partial charge in [0.2, 0.25) is 0 Å². The lowest BCUT2D eigenvalue weighted by molar-refractivity contribution is 0.315. The van der Waals surface area contributed by atoms with Crippen LogP contribution in [0.3, 0.4) is 0 Å². The Bertz CT molecular complexity index is 598. The van der Waals surface area contributed by atoms with Crippen LogP contribution in [-0.2, 0) is 13.0 Å². The number of hydrogen-bond donors (Lipinski definition) is 0. The fraction of sp³-hybridized carbons (Fsp3) is 0.471. The Balaban J connectivity index is 1.89. The van der Waals surface area contributed by atoms with Crippen molar-refractivity contribution in [3.8, 4) is 0 Å². The minimum absolute atomic E-state index is 0.596. The third-order valence-corrected chi connectivity index (χ3v) is 5.15. The van der Waals surface area contributed by atoms with Gasteiger partial charge >= 0.3 is 0 Å². The molecule has 0 N–H and O–H groups in total. The number of hydrogen-bond acceptors (Lipinski definition) is 3. The van der Waals surface area contributed by atoms with Gasteiger partial charge in [0.15, 0.2) is 0 Å². The SMILES string of the molecule is CCCCCN(C)Cc1csc(Cc2ccc(Cl)c(Cl)c2)n1. The fourth-order valence-corrected chi connectivity index (χ4v) is 3.45. The van der Waals surface area contributed by atoms with Gasteiger partial charge in [0.05, 0.1) is 20.7 Å². The Morgan fingerprint density at radius 2 is 2.00 bits per heavy atom. The normalized spacial score (nSPS) is 11.3. The minimum atomic E-state index is 0.596. The van der Waals surface area contributed by atoms with Gasteiger partial charge in [-0.1, -0.05) is 49.0 Å². The van der Waals surface area contributed by atoms with E-state index >= 15 is 0 Å². The van der Waals surface area contributed by atoms with Gasteiger partial charge in [0.25, 0.3) is 0 Å². The van der Waals surface area contributed by atoms with Crippen LogP contribution in [0, 0.1) is 0 Å². The number of halogens is 2. The predicted octanol–water partition coefficient (Wildman–Crippen LogP) is 5.66. The summed E-state index contributed by atoms with van der Waals surface area (Å²) in [4.78, 5) is 7.07. The molecular weight excluding hydrogens is 335 g/mol. The summed E-state index contributed by atoms with van der Waals surface area (Å²) in [6.45, 7) is 4.28. The molecule has 2 aromatic rings.